The van der Waals surface area contributed by atoms with Gasteiger partial charge in [0.05, 0.1) is 23.6 Å². The number of amides is 2. The van der Waals surface area contributed by atoms with Crippen LogP contribution in [0.4, 0.5) is 5.69 Å². The molecule has 0 saturated carbocycles. The number of anilines is 1. The minimum absolute atomic E-state index is 0.0654. The van der Waals surface area contributed by atoms with Crippen molar-refractivity contribution in [3.8, 4) is 34.4 Å². The number of aromatic nitrogens is 4. The number of imidazole rings is 1. The molecule has 11 heteroatoms. The average Bonchev–Trinajstić information content (AvgIpc) is 3.53. The van der Waals surface area contributed by atoms with Gasteiger partial charge in [0, 0.05) is 104 Å². The molecule has 2 aliphatic heterocycles. The van der Waals surface area contributed by atoms with Gasteiger partial charge in [-0.15, -0.1) is 0 Å². The van der Waals surface area contributed by atoms with Gasteiger partial charge in [-0.05, 0) is 55.5 Å². The van der Waals surface area contributed by atoms with Gasteiger partial charge < -0.3 is 30.7 Å². The number of nitrogen functional groups attached to an aromatic ring is 1. The predicted molar refractivity (Wildman–Crippen MR) is 197 cm³/mol. The van der Waals surface area contributed by atoms with E-state index in [2.05, 4.69) is 38.8 Å². The molecule has 51 heavy (non-hydrogen) atoms. The molecule has 0 bridgehead atoms. The lowest BCUT2D eigenvalue weighted by atomic mass is 9.99. The normalized spacial score (nSPS) is 14.4. The second-order valence-electron chi connectivity index (χ2n) is 13.0. The molecule has 1 fully saturated rings. The van der Waals surface area contributed by atoms with Crippen LogP contribution in [0.2, 0.25) is 0 Å². The van der Waals surface area contributed by atoms with E-state index < -0.39 is 0 Å². The summed E-state index contributed by atoms with van der Waals surface area (Å²) in [5.74, 6) is 7.31. The molecule has 5 aromatic rings. The number of carbonyl (C=O) groups is 2. The lowest BCUT2D eigenvalue weighted by Crippen LogP contribution is -2.37. The fraction of sp³-hybridized carbons (Fsp3) is 0.300. The zero-order chi connectivity index (χ0) is 35.5. The zero-order valence-electron chi connectivity index (χ0n) is 28.8. The smallest absolute Gasteiger partial charge is 0.269 e. The number of nitrogens with zero attached hydrogens (tertiary/aromatic N) is 5. The Morgan fingerprint density at radius 3 is 2.63 bits per heavy atom. The molecular formula is C40H40N8O3. The van der Waals surface area contributed by atoms with Gasteiger partial charge in [0.15, 0.2) is 0 Å². The molecule has 0 atom stereocenters. The Hall–Kier alpha value is -5.86. The van der Waals surface area contributed by atoms with Crippen molar-refractivity contribution in [2.24, 2.45) is 0 Å². The van der Waals surface area contributed by atoms with Crippen LogP contribution in [0.25, 0.3) is 33.3 Å². The molecular weight excluding hydrogens is 640 g/mol. The second kappa shape index (κ2) is 14.5. The fourth-order valence-corrected chi connectivity index (χ4v) is 6.94. The highest BCUT2D eigenvalue weighted by Crippen LogP contribution is 2.37. The number of hydrogen-bond acceptors (Lipinski definition) is 8. The van der Waals surface area contributed by atoms with Crippen molar-refractivity contribution >= 4 is 34.0 Å². The van der Waals surface area contributed by atoms with Gasteiger partial charge in [0.25, 0.3) is 5.91 Å². The third-order valence-corrected chi connectivity index (χ3v) is 9.61. The number of nitrogens with two attached hydrogens (primary N) is 1. The van der Waals surface area contributed by atoms with Gasteiger partial charge in [-0.1, -0.05) is 36.1 Å². The van der Waals surface area contributed by atoms with Gasteiger partial charge in [-0.25, -0.2) is 4.98 Å². The van der Waals surface area contributed by atoms with Gasteiger partial charge in [-0.3, -0.25) is 19.6 Å². The molecule has 0 aliphatic carbocycles. The summed E-state index contributed by atoms with van der Waals surface area (Å²) in [5.41, 5.74) is 13.0. The van der Waals surface area contributed by atoms with E-state index in [0.717, 1.165) is 77.4 Å². The highest BCUT2D eigenvalue weighted by atomic mass is 16.5. The lowest BCUT2D eigenvalue weighted by molar-refractivity contribution is -0.130. The third kappa shape index (κ3) is 6.96. The van der Waals surface area contributed by atoms with E-state index in [1.165, 1.54) is 0 Å². The number of benzene rings is 2. The zero-order valence-corrected chi connectivity index (χ0v) is 28.8. The largest absolute Gasteiger partial charge is 0.398 e. The summed E-state index contributed by atoms with van der Waals surface area (Å²) < 4.78 is 7.97. The van der Waals surface area contributed by atoms with Crippen molar-refractivity contribution in [3.63, 3.8) is 0 Å². The Labute approximate surface area is 296 Å². The average molecular weight is 681 g/mol. The maximum absolute atomic E-state index is 12.8. The molecule has 7 rings (SSSR count). The number of nitrogens with one attached hydrogen (secondary N) is 2. The molecule has 5 heterocycles. The maximum atomic E-state index is 12.8. The number of fused-ring (bicyclic) bond motifs is 2. The summed E-state index contributed by atoms with van der Waals surface area (Å²) in [7, 11) is 0. The van der Waals surface area contributed by atoms with E-state index in [9.17, 15) is 9.59 Å². The molecule has 258 valence electrons. The Morgan fingerprint density at radius 2 is 1.86 bits per heavy atom. The monoisotopic (exact) mass is 680 g/mol. The molecule has 0 radical (unpaired) electrons. The van der Waals surface area contributed by atoms with E-state index in [-0.39, 0.29) is 11.8 Å². The highest BCUT2D eigenvalue weighted by molar-refractivity contribution is 6.03. The van der Waals surface area contributed by atoms with Crippen LogP contribution >= 0.6 is 0 Å². The minimum atomic E-state index is -0.286. The van der Waals surface area contributed by atoms with Crippen LogP contribution < -0.4 is 11.1 Å². The van der Waals surface area contributed by atoms with E-state index in [1.54, 1.807) is 32.2 Å². The van der Waals surface area contributed by atoms with Crippen molar-refractivity contribution in [2.75, 3.05) is 32.0 Å². The van der Waals surface area contributed by atoms with Crippen molar-refractivity contribution < 1.29 is 14.3 Å². The molecule has 1 saturated heterocycles. The van der Waals surface area contributed by atoms with Crippen molar-refractivity contribution in [2.45, 2.75) is 52.1 Å². The fourth-order valence-electron chi connectivity index (χ4n) is 6.94. The van der Waals surface area contributed by atoms with Crippen LogP contribution in [0.5, 0.6) is 0 Å². The van der Waals surface area contributed by atoms with Crippen LogP contribution in [0.3, 0.4) is 0 Å². The summed E-state index contributed by atoms with van der Waals surface area (Å²) in [5, 5.41) is 12.8. The predicted octanol–water partition coefficient (Wildman–Crippen LogP) is 5.56. The molecule has 3 aromatic heterocycles. The van der Waals surface area contributed by atoms with E-state index in [0.29, 0.717) is 60.2 Å². The Kier molecular flexibility index (Phi) is 9.59. The summed E-state index contributed by atoms with van der Waals surface area (Å²) in [6.07, 6.45) is 5.85. The summed E-state index contributed by atoms with van der Waals surface area (Å²) in [6, 6.07) is 17.2. The van der Waals surface area contributed by atoms with Gasteiger partial charge in [-0.2, -0.15) is 0 Å². The first kappa shape index (κ1) is 33.6. The molecule has 0 unspecified atom stereocenters. The number of pyridine rings is 2. The molecule has 2 aliphatic rings. The van der Waals surface area contributed by atoms with Crippen molar-refractivity contribution in [1.29, 1.82) is 5.41 Å². The van der Waals surface area contributed by atoms with Gasteiger partial charge in [0.2, 0.25) is 5.91 Å². The first-order chi connectivity index (χ1) is 24.8. The summed E-state index contributed by atoms with van der Waals surface area (Å²) in [4.78, 5) is 41.6. The number of ether oxygens (including phenoxy) is 1. The van der Waals surface area contributed by atoms with Crippen molar-refractivity contribution in [3.05, 3.63) is 95.3 Å². The van der Waals surface area contributed by atoms with Crippen LogP contribution in [-0.2, 0) is 22.6 Å². The SMILES string of the molecule is CC(=N)c1c(N)cccc1C#CCCNC(=O)c1ccc(-c2cc3cccc(-c4nc(C5CCOCC5)n5c4CN(C(C)=O)CC5)c3cn2)cn1. The molecule has 4 N–H and O–H groups in total. The van der Waals surface area contributed by atoms with Crippen LogP contribution in [0.15, 0.2) is 67.0 Å². The standard InChI is InChI=1S/C40H40N8O3/c1-25(41)37-27(8-6-11-33(37)42)7-3-4-16-43-40(50)34-13-12-30(22-44-34)35-21-29-9-5-10-31(32(29)23-45-35)38-36-24-47(26(2)49)17-18-48(36)39(46-38)28-14-19-51-20-15-28/h5-6,8-13,21-23,28,41H,4,14-20,24,42H2,1-2H3,(H,43,50). The summed E-state index contributed by atoms with van der Waals surface area (Å²) in [6.45, 7) is 7.07. The third-order valence-electron chi connectivity index (χ3n) is 9.61. The van der Waals surface area contributed by atoms with Gasteiger partial charge in [0.1, 0.15) is 11.5 Å². The lowest BCUT2D eigenvalue weighted by Gasteiger charge is -2.30. The van der Waals surface area contributed by atoms with Gasteiger partial charge >= 0.3 is 0 Å². The second-order valence-corrected chi connectivity index (χ2v) is 13.0. The quantitative estimate of drug-likeness (QED) is 0.0881. The van der Waals surface area contributed by atoms with Crippen LogP contribution in [0, 0.1) is 17.3 Å². The summed E-state index contributed by atoms with van der Waals surface area (Å²) >= 11 is 0. The van der Waals surface area contributed by atoms with E-state index in [1.807, 2.05) is 41.4 Å². The molecule has 2 aromatic carbocycles. The maximum Gasteiger partial charge on any atom is 0.269 e. The number of hydrogen-bond donors (Lipinski definition) is 3. The number of rotatable bonds is 7. The minimum Gasteiger partial charge on any atom is -0.398 e. The van der Waals surface area contributed by atoms with Crippen molar-refractivity contribution in [1.82, 2.24) is 29.7 Å². The molecule has 2 amide bonds. The van der Waals surface area contributed by atoms with E-state index >= 15 is 0 Å². The Balaban J connectivity index is 1.07. The Bertz CT molecular complexity index is 2210. The first-order valence-electron chi connectivity index (χ1n) is 17.3. The molecule has 0 spiro atoms. The van der Waals surface area contributed by atoms with E-state index in [4.69, 9.17) is 25.8 Å². The van der Waals surface area contributed by atoms with Crippen LogP contribution in [0.1, 0.15) is 72.2 Å². The van der Waals surface area contributed by atoms with Crippen LogP contribution in [-0.4, -0.2) is 68.2 Å². The molecule has 11 nitrogen and oxygen atoms in total. The number of carbonyl (C=O) groups excluding carboxylic acids is 2. The highest BCUT2D eigenvalue weighted by Gasteiger charge is 2.30. The topological polar surface area (TPSA) is 152 Å². The first-order valence-corrected chi connectivity index (χ1v) is 17.3. The Morgan fingerprint density at radius 1 is 1.04 bits per heavy atom.